The molecule has 4 N–H and O–H groups in total. The summed E-state index contributed by atoms with van der Waals surface area (Å²) in [5.41, 5.74) is 6.74. The molecular weight excluding hydrogens is 304 g/mol. The van der Waals surface area contributed by atoms with Crippen LogP contribution in [0.5, 0.6) is 0 Å². The van der Waals surface area contributed by atoms with Crippen molar-refractivity contribution in [2.75, 3.05) is 10.6 Å². The number of nitrogens with one attached hydrogen (secondary N) is 2. The average Bonchev–Trinajstić information content (AvgIpc) is 2.30. The molecule has 0 aliphatic carbocycles. The molecule has 0 fully saturated rings. The lowest BCUT2D eigenvalue weighted by Gasteiger charge is -2.17. The van der Waals surface area contributed by atoms with Gasteiger partial charge in [0.05, 0.1) is 17.4 Å². The van der Waals surface area contributed by atoms with E-state index in [0.29, 0.717) is 17.8 Å². The van der Waals surface area contributed by atoms with Crippen molar-refractivity contribution in [3.8, 4) is 0 Å². The highest BCUT2D eigenvalue weighted by molar-refractivity contribution is 5.97. The Morgan fingerprint density at radius 3 is 2.40 bits per heavy atom. The maximum Gasteiger partial charge on any atom is 0.241 e. The summed E-state index contributed by atoms with van der Waals surface area (Å²) in [6.07, 6.45) is 0.556. The van der Waals surface area contributed by atoms with Gasteiger partial charge in [-0.2, -0.15) is 0 Å². The number of halogens is 3. The number of benzene rings is 1. The van der Waals surface area contributed by atoms with E-state index in [4.69, 9.17) is 5.73 Å². The first kappa shape index (κ1) is 21.3. The molecular formula is C13H22Cl2FN3O. The maximum atomic E-state index is 13.2. The third-order valence-electron chi connectivity index (χ3n) is 2.46. The Morgan fingerprint density at radius 1 is 1.30 bits per heavy atom. The van der Waals surface area contributed by atoms with Gasteiger partial charge in [-0.25, -0.2) is 4.39 Å². The van der Waals surface area contributed by atoms with Crippen molar-refractivity contribution in [2.45, 2.75) is 39.3 Å². The molecule has 0 radical (unpaired) electrons. The fraction of sp³-hybridized carbons (Fsp3) is 0.462. The number of anilines is 2. The van der Waals surface area contributed by atoms with Crippen LogP contribution in [0.1, 0.15) is 27.2 Å². The Morgan fingerprint density at radius 2 is 1.90 bits per heavy atom. The summed E-state index contributed by atoms with van der Waals surface area (Å²) < 4.78 is 13.2. The SMILES string of the molecule is CC[C@H](N)C(=O)Nc1ccc(F)cc1NC(C)C.Cl.Cl. The van der Waals surface area contributed by atoms with Crippen molar-refractivity contribution >= 4 is 42.1 Å². The van der Waals surface area contributed by atoms with Crippen molar-refractivity contribution in [1.29, 1.82) is 0 Å². The van der Waals surface area contributed by atoms with Gasteiger partial charge in [0.2, 0.25) is 5.91 Å². The van der Waals surface area contributed by atoms with Gasteiger partial charge in [0.25, 0.3) is 0 Å². The first-order valence-corrected chi connectivity index (χ1v) is 6.06. The summed E-state index contributed by atoms with van der Waals surface area (Å²) >= 11 is 0. The molecule has 7 heteroatoms. The third-order valence-corrected chi connectivity index (χ3v) is 2.46. The lowest BCUT2D eigenvalue weighted by molar-refractivity contribution is -0.117. The Bertz CT molecular complexity index is 430. The zero-order valence-corrected chi connectivity index (χ0v) is 13.4. The molecule has 0 aliphatic heterocycles. The van der Waals surface area contributed by atoms with Crippen LogP contribution >= 0.6 is 24.8 Å². The van der Waals surface area contributed by atoms with Gasteiger partial charge in [-0.05, 0) is 38.5 Å². The molecule has 1 aromatic rings. The molecule has 0 heterocycles. The molecule has 1 atom stereocenters. The number of carbonyl (C=O) groups is 1. The quantitative estimate of drug-likeness (QED) is 0.778. The molecule has 1 aromatic carbocycles. The van der Waals surface area contributed by atoms with Gasteiger partial charge in [0.15, 0.2) is 0 Å². The largest absolute Gasteiger partial charge is 0.381 e. The van der Waals surface area contributed by atoms with Crippen molar-refractivity contribution in [3.05, 3.63) is 24.0 Å². The number of carbonyl (C=O) groups excluding carboxylic acids is 1. The molecule has 0 saturated heterocycles. The van der Waals surface area contributed by atoms with Crippen LogP contribution in [0, 0.1) is 5.82 Å². The number of hydrogen-bond acceptors (Lipinski definition) is 3. The average molecular weight is 326 g/mol. The van der Waals surface area contributed by atoms with Crippen LogP contribution in [-0.4, -0.2) is 18.0 Å². The molecule has 20 heavy (non-hydrogen) atoms. The zero-order valence-electron chi connectivity index (χ0n) is 11.8. The van der Waals surface area contributed by atoms with Crippen molar-refractivity contribution in [3.63, 3.8) is 0 Å². The van der Waals surface area contributed by atoms with E-state index in [1.54, 1.807) is 0 Å². The standard InChI is InChI=1S/C13H20FN3O.2ClH/c1-4-10(15)13(18)17-11-6-5-9(14)7-12(11)16-8(2)3;;/h5-8,10,16H,4,15H2,1-3H3,(H,17,18);2*1H/t10-;;/m0../s1. The van der Waals surface area contributed by atoms with E-state index < -0.39 is 6.04 Å². The fourth-order valence-electron chi connectivity index (χ4n) is 1.47. The summed E-state index contributed by atoms with van der Waals surface area (Å²) in [6, 6.07) is 3.77. The van der Waals surface area contributed by atoms with E-state index >= 15 is 0 Å². The Balaban J connectivity index is 0. The van der Waals surface area contributed by atoms with Gasteiger partial charge in [0, 0.05) is 6.04 Å². The molecule has 0 aromatic heterocycles. The minimum absolute atomic E-state index is 0. The first-order chi connectivity index (χ1) is 8.43. The van der Waals surface area contributed by atoms with Crippen LogP contribution in [0.2, 0.25) is 0 Å². The van der Waals surface area contributed by atoms with Gasteiger partial charge in [0.1, 0.15) is 5.82 Å². The highest BCUT2D eigenvalue weighted by Gasteiger charge is 2.13. The molecule has 0 bridgehead atoms. The molecule has 4 nitrogen and oxygen atoms in total. The lowest BCUT2D eigenvalue weighted by Crippen LogP contribution is -2.35. The second kappa shape index (κ2) is 9.80. The van der Waals surface area contributed by atoms with E-state index in [2.05, 4.69) is 10.6 Å². The summed E-state index contributed by atoms with van der Waals surface area (Å²) in [4.78, 5) is 11.7. The van der Waals surface area contributed by atoms with Crippen LogP contribution in [0.25, 0.3) is 0 Å². The second-order valence-corrected chi connectivity index (χ2v) is 4.49. The fourth-order valence-corrected chi connectivity index (χ4v) is 1.47. The van der Waals surface area contributed by atoms with E-state index in [1.807, 2.05) is 20.8 Å². The summed E-state index contributed by atoms with van der Waals surface area (Å²) in [5, 5.41) is 5.78. The Kier molecular flexibility index (Phi) is 10.4. The molecule has 1 amide bonds. The zero-order chi connectivity index (χ0) is 13.7. The molecule has 116 valence electrons. The van der Waals surface area contributed by atoms with E-state index in [0.717, 1.165) is 0 Å². The van der Waals surface area contributed by atoms with E-state index in [-0.39, 0.29) is 42.6 Å². The van der Waals surface area contributed by atoms with E-state index in [9.17, 15) is 9.18 Å². The number of hydrogen-bond donors (Lipinski definition) is 3. The smallest absolute Gasteiger partial charge is 0.241 e. The molecule has 0 spiro atoms. The molecule has 0 unspecified atom stereocenters. The van der Waals surface area contributed by atoms with Crippen LogP contribution in [0.4, 0.5) is 15.8 Å². The Labute approximate surface area is 131 Å². The number of amides is 1. The number of rotatable bonds is 5. The third kappa shape index (κ3) is 6.41. The van der Waals surface area contributed by atoms with Crippen LogP contribution in [-0.2, 0) is 4.79 Å². The minimum Gasteiger partial charge on any atom is -0.381 e. The maximum absolute atomic E-state index is 13.2. The summed E-state index contributed by atoms with van der Waals surface area (Å²) in [5.74, 6) is -0.619. The predicted octanol–water partition coefficient (Wildman–Crippen LogP) is 3.17. The summed E-state index contributed by atoms with van der Waals surface area (Å²) in [7, 11) is 0. The highest BCUT2D eigenvalue weighted by atomic mass is 35.5. The topological polar surface area (TPSA) is 67.2 Å². The predicted molar refractivity (Wildman–Crippen MR) is 86.6 cm³/mol. The van der Waals surface area contributed by atoms with Gasteiger partial charge in [-0.1, -0.05) is 6.92 Å². The minimum atomic E-state index is -0.554. The Hall–Kier alpha value is -1.04. The normalized spacial score (nSPS) is 11.1. The van der Waals surface area contributed by atoms with Crippen molar-refractivity contribution in [1.82, 2.24) is 0 Å². The van der Waals surface area contributed by atoms with Gasteiger partial charge in [-0.3, -0.25) is 4.79 Å². The van der Waals surface area contributed by atoms with E-state index in [1.165, 1.54) is 18.2 Å². The van der Waals surface area contributed by atoms with Gasteiger partial charge >= 0.3 is 0 Å². The van der Waals surface area contributed by atoms with Crippen molar-refractivity contribution < 1.29 is 9.18 Å². The highest BCUT2D eigenvalue weighted by Crippen LogP contribution is 2.23. The van der Waals surface area contributed by atoms with Gasteiger partial charge in [-0.15, -0.1) is 24.8 Å². The monoisotopic (exact) mass is 325 g/mol. The molecule has 0 aliphatic rings. The van der Waals surface area contributed by atoms with Crippen LogP contribution in [0.15, 0.2) is 18.2 Å². The lowest BCUT2D eigenvalue weighted by atomic mass is 10.2. The first-order valence-electron chi connectivity index (χ1n) is 6.06. The van der Waals surface area contributed by atoms with Crippen molar-refractivity contribution in [2.24, 2.45) is 5.73 Å². The van der Waals surface area contributed by atoms with Crippen LogP contribution in [0.3, 0.4) is 0 Å². The molecule has 0 saturated carbocycles. The van der Waals surface area contributed by atoms with Crippen LogP contribution < -0.4 is 16.4 Å². The molecule has 1 rings (SSSR count). The second-order valence-electron chi connectivity index (χ2n) is 4.49. The van der Waals surface area contributed by atoms with Gasteiger partial charge < -0.3 is 16.4 Å². The number of nitrogens with two attached hydrogens (primary N) is 1. The summed E-state index contributed by atoms with van der Waals surface area (Å²) in [6.45, 7) is 5.71.